The van der Waals surface area contributed by atoms with Crippen LogP contribution in [0, 0.1) is 11.8 Å². The standard InChI is InChI=1S/C12H11FN2O3/c13-7-2-1-6-3-8(16)5-12(9(6)4-7)10(17)14-11(18)15-12/h1-2,4,6,9H,3,5H2,(H2,14,15,17,18). The fraction of sp³-hybridized carbons (Fsp3) is 0.417. The molecule has 1 spiro atoms. The highest BCUT2D eigenvalue weighted by molar-refractivity contribution is 6.10. The molecular formula is C12H11FN2O3. The lowest BCUT2D eigenvalue weighted by atomic mass is 9.65. The Morgan fingerprint density at radius 3 is 2.78 bits per heavy atom. The molecule has 3 atom stereocenters. The van der Waals surface area contributed by atoms with Crippen LogP contribution in [0.1, 0.15) is 12.8 Å². The van der Waals surface area contributed by atoms with E-state index in [9.17, 15) is 18.8 Å². The summed E-state index contributed by atoms with van der Waals surface area (Å²) in [6, 6.07) is -0.628. The van der Waals surface area contributed by atoms with Crippen LogP contribution in [0.5, 0.6) is 0 Å². The van der Waals surface area contributed by atoms with Crippen LogP contribution < -0.4 is 10.6 Å². The van der Waals surface area contributed by atoms with Crippen LogP contribution in [0.3, 0.4) is 0 Å². The second-order valence-electron chi connectivity index (χ2n) is 4.90. The van der Waals surface area contributed by atoms with Crippen molar-refractivity contribution in [1.82, 2.24) is 10.6 Å². The van der Waals surface area contributed by atoms with E-state index in [4.69, 9.17) is 0 Å². The zero-order valence-corrected chi connectivity index (χ0v) is 9.40. The van der Waals surface area contributed by atoms with Crippen molar-refractivity contribution in [2.75, 3.05) is 0 Å². The zero-order chi connectivity index (χ0) is 12.9. The molecule has 2 N–H and O–H groups in total. The SMILES string of the molecule is O=C1CC2C=CC(F)=CC2C2(C1)NC(=O)NC2=O. The van der Waals surface area contributed by atoms with Gasteiger partial charge in [0, 0.05) is 18.8 Å². The molecule has 0 aromatic rings. The van der Waals surface area contributed by atoms with Gasteiger partial charge in [0.2, 0.25) is 0 Å². The van der Waals surface area contributed by atoms with Crippen LogP contribution in [0.2, 0.25) is 0 Å². The number of carbonyl (C=O) groups is 3. The molecule has 2 fully saturated rings. The molecule has 18 heavy (non-hydrogen) atoms. The average Bonchev–Trinajstić information content (AvgIpc) is 2.55. The van der Waals surface area contributed by atoms with Gasteiger partial charge in [0.1, 0.15) is 17.1 Å². The monoisotopic (exact) mass is 250 g/mol. The third-order valence-electron chi connectivity index (χ3n) is 3.78. The largest absolute Gasteiger partial charge is 0.322 e. The summed E-state index contributed by atoms with van der Waals surface area (Å²) in [5.41, 5.74) is -1.32. The highest BCUT2D eigenvalue weighted by atomic mass is 19.1. The molecular weight excluding hydrogens is 239 g/mol. The van der Waals surface area contributed by atoms with Crippen molar-refractivity contribution in [3.05, 3.63) is 24.1 Å². The van der Waals surface area contributed by atoms with Crippen LogP contribution in [-0.2, 0) is 9.59 Å². The summed E-state index contributed by atoms with van der Waals surface area (Å²) < 4.78 is 13.4. The number of imide groups is 1. The van der Waals surface area contributed by atoms with Gasteiger partial charge in [-0.15, -0.1) is 0 Å². The minimum absolute atomic E-state index is 0.0800. The highest BCUT2D eigenvalue weighted by Crippen LogP contribution is 2.42. The van der Waals surface area contributed by atoms with Gasteiger partial charge < -0.3 is 5.32 Å². The molecule has 0 bridgehead atoms. The maximum atomic E-state index is 13.4. The van der Waals surface area contributed by atoms with E-state index >= 15 is 0 Å². The van der Waals surface area contributed by atoms with Gasteiger partial charge in [0.05, 0.1) is 0 Å². The van der Waals surface area contributed by atoms with E-state index in [-0.39, 0.29) is 24.5 Å². The molecule has 1 saturated heterocycles. The highest BCUT2D eigenvalue weighted by Gasteiger charge is 2.57. The summed E-state index contributed by atoms with van der Waals surface area (Å²) >= 11 is 0. The number of Topliss-reactive ketones (excluding diaryl/α,β-unsaturated/α-hetero) is 1. The Hall–Kier alpha value is -1.98. The first-order valence-electron chi connectivity index (χ1n) is 5.72. The Balaban J connectivity index is 2.07. The molecule has 3 aliphatic rings. The average molecular weight is 250 g/mol. The fourth-order valence-electron chi connectivity index (χ4n) is 3.02. The van der Waals surface area contributed by atoms with E-state index in [2.05, 4.69) is 10.6 Å². The number of rotatable bonds is 0. The van der Waals surface area contributed by atoms with Gasteiger partial charge in [-0.1, -0.05) is 6.08 Å². The van der Waals surface area contributed by atoms with Gasteiger partial charge in [0.25, 0.3) is 5.91 Å². The Kier molecular flexibility index (Phi) is 2.17. The summed E-state index contributed by atoms with van der Waals surface area (Å²) in [7, 11) is 0. The molecule has 0 aromatic heterocycles. The molecule has 5 nitrogen and oxygen atoms in total. The number of urea groups is 1. The molecule has 0 aromatic carbocycles. The Labute approximate surface area is 102 Å². The second-order valence-corrected chi connectivity index (χ2v) is 4.90. The van der Waals surface area contributed by atoms with E-state index in [1.807, 2.05) is 0 Å². The summed E-state index contributed by atoms with van der Waals surface area (Å²) in [5, 5.41) is 4.63. The van der Waals surface area contributed by atoms with Crippen molar-refractivity contribution in [3.8, 4) is 0 Å². The van der Waals surface area contributed by atoms with E-state index < -0.39 is 29.2 Å². The summed E-state index contributed by atoms with van der Waals surface area (Å²) in [6.45, 7) is 0. The number of halogens is 1. The van der Waals surface area contributed by atoms with Gasteiger partial charge in [-0.2, -0.15) is 0 Å². The zero-order valence-electron chi connectivity index (χ0n) is 9.40. The van der Waals surface area contributed by atoms with Crippen molar-refractivity contribution >= 4 is 17.7 Å². The van der Waals surface area contributed by atoms with Gasteiger partial charge >= 0.3 is 6.03 Å². The quantitative estimate of drug-likeness (QED) is 0.618. The van der Waals surface area contributed by atoms with Crippen LogP contribution in [0.15, 0.2) is 24.1 Å². The number of nitrogens with one attached hydrogen (secondary N) is 2. The third-order valence-corrected chi connectivity index (χ3v) is 3.78. The smallest absolute Gasteiger partial charge is 0.322 e. The lowest BCUT2D eigenvalue weighted by Crippen LogP contribution is -2.59. The minimum atomic E-state index is -1.32. The number of hydrogen-bond acceptors (Lipinski definition) is 3. The molecule has 0 radical (unpaired) electrons. The van der Waals surface area contributed by atoms with E-state index in [1.165, 1.54) is 12.2 Å². The van der Waals surface area contributed by atoms with Gasteiger partial charge in [0.15, 0.2) is 0 Å². The Morgan fingerprint density at radius 2 is 2.11 bits per heavy atom. The molecule has 3 rings (SSSR count). The molecule has 94 valence electrons. The lowest BCUT2D eigenvalue weighted by molar-refractivity contribution is -0.134. The van der Waals surface area contributed by atoms with Crippen LogP contribution >= 0.6 is 0 Å². The molecule has 6 heteroatoms. The summed E-state index contributed by atoms with van der Waals surface area (Å²) in [4.78, 5) is 35.0. The third kappa shape index (κ3) is 1.41. The van der Waals surface area contributed by atoms with E-state index in [1.54, 1.807) is 6.08 Å². The van der Waals surface area contributed by atoms with Gasteiger partial charge in [-0.3, -0.25) is 14.9 Å². The number of carbonyl (C=O) groups excluding carboxylic acids is 3. The predicted octanol–water partition coefficient (Wildman–Crippen LogP) is 0.583. The first kappa shape index (κ1) is 11.1. The molecule has 1 heterocycles. The van der Waals surface area contributed by atoms with Gasteiger partial charge in [-0.25, -0.2) is 9.18 Å². The Morgan fingerprint density at radius 1 is 1.33 bits per heavy atom. The molecule has 3 amide bonds. The summed E-state index contributed by atoms with van der Waals surface area (Å²) in [5.74, 6) is -1.84. The maximum Gasteiger partial charge on any atom is 0.322 e. The fourth-order valence-corrected chi connectivity index (χ4v) is 3.02. The van der Waals surface area contributed by atoms with E-state index in [0.29, 0.717) is 0 Å². The second kappa shape index (κ2) is 3.51. The van der Waals surface area contributed by atoms with Crippen LogP contribution in [0.25, 0.3) is 0 Å². The predicted molar refractivity (Wildman–Crippen MR) is 59.0 cm³/mol. The minimum Gasteiger partial charge on any atom is -0.322 e. The van der Waals surface area contributed by atoms with Crippen molar-refractivity contribution in [1.29, 1.82) is 0 Å². The topological polar surface area (TPSA) is 75.3 Å². The maximum absolute atomic E-state index is 13.4. The summed E-state index contributed by atoms with van der Waals surface area (Å²) in [6.07, 6.45) is 4.40. The van der Waals surface area contributed by atoms with Crippen LogP contribution in [0.4, 0.5) is 9.18 Å². The molecule has 1 saturated carbocycles. The normalized spacial score (nSPS) is 38.3. The van der Waals surface area contributed by atoms with Gasteiger partial charge in [-0.05, 0) is 18.1 Å². The molecule has 1 aliphatic heterocycles. The number of hydrogen-bond donors (Lipinski definition) is 2. The number of ketones is 1. The first-order valence-corrected chi connectivity index (χ1v) is 5.72. The molecule has 3 unspecified atom stereocenters. The van der Waals surface area contributed by atoms with Crippen molar-refractivity contribution < 1.29 is 18.8 Å². The van der Waals surface area contributed by atoms with E-state index in [0.717, 1.165) is 0 Å². The number of allylic oxidation sites excluding steroid dienone is 3. The van der Waals surface area contributed by atoms with Crippen molar-refractivity contribution in [2.45, 2.75) is 18.4 Å². The Bertz CT molecular complexity index is 525. The first-order chi connectivity index (χ1) is 8.51. The van der Waals surface area contributed by atoms with Crippen LogP contribution in [-0.4, -0.2) is 23.3 Å². The molecule has 2 aliphatic carbocycles. The number of fused-ring (bicyclic) bond motifs is 2. The van der Waals surface area contributed by atoms with Crippen molar-refractivity contribution in [3.63, 3.8) is 0 Å². The number of amides is 3. The lowest BCUT2D eigenvalue weighted by Gasteiger charge is -2.41. The van der Waals surface area contributed by atoms with Crippen molar-refractivity contribution in [2.24, 2.45) is 11.8 Å².